The minimum absolute atomic E-state index is 0.0669. The predicted octanol–water partition coefficient (Wildman–Crippen LogP) is -2.44. The van der Waals surface area contributed by atoms with Gasteiger partial charge in [0, 0.05) is 17.7 Å². The summed E-state index contributed by atoms with van der Waals surface area (Å²) in [7, 11) is 0. The normalized spacial score (nSPS) is 33.5. The summed E-state index contributed by atoms with van der Waals surface area (Å²) in [6, 6.07) is 7.59. The van der Waals surface area contributed by atoms with Crippen LogP contribution in [0, 0.1) is 0 Å². The Balaban J connectivity index is 1.50. The lowest BCUT2D eigenvalue weighted by Crippen LogP contribution is -2.60. The monoisotopic (exact) mass is 594 g/mol. The van der Waals surface area contributed by atoms with Crippen molar-refractivity contribution in [3.05, 3.63) is 52.2 Å². The third-order valence-corrected chi connectivity index (χ3v) is 7.41. The minimum Gasteiger partial charge on any atom is -0.507 e. The summed E-state index contributed by atoms with van der Waals surface area (Å²) in [6.07, 6.45) is -15.7. The van der Waals surface area contributed by atoms with Crippen LogP contribution in [0.3, 0.4) is 0 Å². The lowest BCUT2D eigenvalue weighted by Gasteiger charge is -2.40. The topological polar surface area (TPSA) is 260 Å². The van der Waals surface area contributed by atoms with E-state index in [4.69, 9.17) is 18.6 Å². The van der Waals surface area contributed by atoms with Crippen LogP contribution in [-0.2, 0) is 9.47 Å². The lowest BCUT2D eigenvalue weighted by atomic mass is 9.89. The standard InChI is InChI=1S/C27H30O15/c28-7-15-19(33)21(35)23(37)26(41-15)18-12(31)5-11(30)17-13(32)6-14(40-25(17)18)9-1-3-10(4-2-9)39-27-24(38)22(36)20(34)16(8-29)42-27/h1-6,15-16,19-24,26-31,33-38H,7-8H2/t15-,16-,19+,20-,21-,22+,23+,24+,26-,27+/m0/s1. The Morgan fingerprint density at radius 1 is 0.714 bits per heavy atom. The third-order valence-electron chi connectivity index (χ3n) is 7.41. The zero-order valence-electron chi connectivity index (χ0n) is 21.7. The van der Waals surface area contributed by atoms with Gasteiger partial charge in [-0.15, -0.1) is 0 Å². The van der Waals surface area contributed by atoms with Gasteiger partial charge < -0.3 is 69.7 Å². The van der Waals surface area contributed by atoms with Crippen molar-refractivity contribution in [2.45, 2.75) is 61.2 Å². The second-order valence-electron chi connectivity index (χ2n) is 10.1. The van der Waals surface area contributed by atoms with Crippen LogP contribution < -0.4 is 10.2 Å². The highest BCUT2D eigenvalue weighted by Crippen LogP contribution is 2.43. The van der Waals surface area contributed by atoms with Crippen LogP contribution >= 0.6 is 0 Å². The molecule has 3 aromatic rings. The molecule has 15 heteroatoms. The average Bonchev–Trinajstić information content (AvgIpc) is 2.97. The summed E-state index contributed by atoms with van der Waals surface area (Å²) >= 11 is 0. The van der Waals surface area contributed by atoms with E-state index in [1.807, 2.05) is 0 Å². The quantitative estimate of drug-likeness (QED) is 0.142. The van der Waals surface area contributed by atoms with E-state index in [0.717, 1.165) is 12.1 Å². The molecule has 0 bridgehead atoms. The summed E-state index contributed by atoms with van der Waals surface area (Å²) in [4.78, 5) is 13.1. The van der Waals surface area contributed by atoms with Crippen LogP contribution in [0.2, 0.25) is 0 Å². The summed E-state index contributed by atoms with van der Waals surface area (Å²) in [5, 5.41) is 101. The Bertz CT molecular complexity index is 1470. The molecular weight excluding hydrogens is 564 g/mol. The van der Waals surface area contributed by atoms with Crippen molar-refractivity contribution in [1.82, 2.24) is 0 Å². The number of hydrogen-bond acceptors (Lipinski definition) is 15. The van der Waals surface area contributed by atoms with E-state index in [1.165, 1.54) is 24.3 Å². The first kappa shape index (κ1) is 30.1. The highest BCUT2D eigenvalue weighted by Gasteiger charge is 2.46. The van der Waals surface area contributed by atoms with Crippen molar-refractivity contribution in [2.24, 2.45) is 0 Å². The first-order valence-corrected chi connectivity index (χ1v) is 12.9. The highest BCUT2D eigenvalue weighted by atomic mass is 16.7. The minimum atomic E-state index is -1.82. The molecule has 0 saturated carbocycles. The maximum Gasteiger partial charge on any atom is 0.229 e. The van der Waals surface area contributed by atoms with E-state index >= 15 is 0 Å². The van der Waals surface area contributed by atoms with Gasteiger partial charge in [0.2, 0.25) is 6.29 Å². The number of aromatic hydroxyl groups is 2. The van der Waals surface area contributed by atoms with Crippen molar-refractivity contribution in [2.75, 3.05) is 13.2 Å². The molecule has 2 saturated heterocycles. The maximum absolute atomic E-state index is 13.1. The fraction of sp³-hybridized carbons (Fsp3) is 0.444. The fourth-order valence-corrected chi connectivity index (χ4v) is 5.08. The van der Waals surface area contributed by atoms with Gasteiger partial charge in [0.05, 0.1) is 18.8 Å². The molecular formula is C27H30O15. The van der Waals surface area contributed by atoms with E-state index in [9.17, 15) is 55.9 Å². The molecule has 228 valence electrons. The number of aliphatic hydroxyl groups excluding tert-OH is 8. The van der Waals surface area contributed by atoms with E-state index in [1.54, 1.807) is 0 Å². The molecule has 15 nitrogen and oxygen atoms in total. The fourth-order valence-electron chi connectivity index (χ4n) is 5.08. The van der Waals surface area contributed by atoms with Crippen molar-refractivity contribution in [3.8, 4) is 28.6 Å². The molecule has 2 aliphatic heterocycles. The summed E-state index contributed by atoms with van der Waals surface area (Å²) in [6.45, 7) is -1.38. The first-order valence-electron chi connectivity index (χ1n) is 12.9. The average molecular weight is 595 g/mol. The van der Waals surface area contributed by atoms with Gasteiger partial charge in [-0.2, -0.15) is 0 Å². The summed E-state index contributed by atoms with van der Waals surface area (Å²) < 4.78 is 22.3. The maximum atomic E-state index is 13.1. The van der Waals surface area contributed by atoms with Gasteiger partial charge in [0.25, 0.3) is 0 Å². The molecule has 1 aromatic heterocycles. The van der Waals surface area contributed by atoms with Crippen molar-refractivity contribution >= 4 is 11.0 Å². The smallest absolute Gasteiger partial charge is 0.229 e. The Kier molecular flexibility index (Phi) is 8.41. The molecule has 3 heterocycles. The molecule has 2 aliphatic rings. The van der Waals surface area contributed by atoms with Crippen molar-refractivity contribution in [1.29, 1.82) is 0 Å². The second kappa shape index (κ2) is 11.7. The zero-order chi connectivity index (χ0) is 30.5. The number of hydrogen-bond donors (Lipinski definition) is 10. The molecule has 2 fully saturated rings. The second-order valence-corrected chi connectivity index (χ2v) is 10.1. The summed E-state index contributed by atoms with van der Waals surface area (Å²) in [5.41, 5.74) is -1.16. The van der Waals surface area contributed by atoms with E-state index < -0.39 is 91.4 Å². The number of rotatable bonds is 6. The number of ether oxygens (including phenoxy) is 3. The largest absolute Gasteiger partial charge is 0.507 e. The number of aliphatic hydroxyl groups is 8. The SMILES string of the molecule is O=c1cc(-c2ccc(O[C@@H]3O[C@@H](CO)[C@H](O)[C@@H](O)[C@H]3O)cc2)oc2c([C@@H]3O[C@@H](CO)[C@@H](O)[C@H](O)[C@H]3O)c(O)cc(O)c12. The number of fused-ring (bicyclic) bond motifs is 1. The third kappa shape index (κ3) is 5.20. The van der Waals surface area contributed by atoms with Crippen LogP contribution in [0.5, 0.6) is 17.2 Å². The molecule has 10 atom stereocenters. The van der Waals surface area contributed by atoms with Crippen LogP contribution in [0.15, 0.2) is 45.6 Å². The van der Waals surface area contributed by atoms with Crippen LogP contribution in [0.1, 0.15) is 11.7 Å². The predicted molar refractivity (Wildman–Crippen MR) is 138 cm³/mol. The number of benzene rings is 2. The molecule has 5 rings (SSSR count). The Hall–Kier alpha value is -3.35. The van der Waals surface area contributed by atoms with Crippen LogP contribution in [0.4, 0.5) is 0 Å². The Labute approximate surface area is 236 Å². The molecule has 0 unspecified atom stereocenters. The number of phenolic OH excluding ortho intramolecular Hbond substituents is 2. The van der Waals surface area contributed by atoms with Gasteiger partial charge >= 0.3 is 0 Å². The van der Waals surface area contributed by atoms with Crippen LogP contribution in [0.25, 0.3) is 22.3 Å². The van der Waals surface area contributed by atoms with Gasteiger partial charge in [0.1, 0.15) is 83.3 Å². The Morgan fingerprint density at radius 2 is 1.31 bits per heavy atom. The van der Waals surface area contributed by atoms with Crippen molar-refractivity contribution < 1.29 is 69.7 Å². The summed E-state index contributed by atoms with van der Waals surface area (Å²) in [5.74, 6) is -1.24. The molecule has 0 spiro atoms. The first-order chi connectivity index (χ1) is 20.0. The molecule has 10 N–H and O–H groups in total. The van der Waals surface area contributed by atoms with Gasteiger partial charge in [-0.3, -0.25) is 4.79 Å². The number of phenols is 2. The van der Waals surface area contributed by atoms with Gasteiger partial charge in [-0.25, -0.2) is 0 Å². The van der Waals surface area contributed by atoms with E-state index in [2.05, 4.69) is 0 Å². The highest BCUT2D eigenvalue weighted by molar-refractivity contribution is 5.89. The van der Waals surface area contributed by atoms with Gasteiger partial charge in [0.15, 0.2) is 11.0 Å². The van der Waals surface area contributed by atoms with Gasteiger partial charge in [-0.1, -0.05) is 0 Å². The van der Waals surface area contributed by atoms with E-state index in [-0.39, 0.29) is 33.6 Å². The molecule has 0 radical (unpaired) electrons. The molecule has 2 aromatic carbocycles. The molecule has 0 amide bonds. The molecule has 0 aliphatic carbocycles. The van der Waals surface area contributed by atoms with E-state index in [0.29, 0.717) is 0 Å². The lowest BCUT2D eigenvalue weighted by molar-refractivity contribution is -0.277. The zero-order valence-corrected chi connectivity index (χ0v) is 21.7. The van der Waals surface area contributed by atoms with Crippen molar-refractivity contribution in [3.63, 3.8) is 0 Å². The Morgan fingerprint density at radius 3 is 1.93 bits per heavy atom. The van der Waals surface area contributed by atoms with Crippen LogP contribution in [-0.4, -0.2) is 119 Å². The molecule has 42 heavy (non-hydrogen) atoms. The van der Waals surface area contributed by atoms with Gasteiger partial charge in [-0.05, 0) is 24.3 Å².